The Hall–Kier alpha value is -0.250. The lowest BCUT2D eigenvalue weighted by molar-refractivity contribution is -0.00467. The molecule has 0 aromatic heterocycles. The topological polar surface area (TPSA) is 12.5 Å². The summed E-state index contributed by atoms with van der Waals surface area (Å²) in [6, 6.07) is 6.10. The first-order valence-corrected chi connectivity index (χ1v) is 7.72. The molecule has 1 saturated heterocycles. The number of nitrogens with zero attached hydrogens (tertiary/aromatic N) is 1. The van der Waals surface area contributed by atoms with Gasteiger partial charge < -0.3 is 9.64 Å². The molecule has 0 bridgehead atoms. The number of alkyl halides is 1. The summed E-state index contributed by atoms with van der Waals surface area (Å²) in [5, 5.41) is 1.61. The summed E-state index contributed by atoms with van der Waals surface area (Å²) in [5.41, 5.74) is 2.46. The van der Waals surface area contributed by atoms with E-state index >= 15 is 0 Å². The average Bonchev–Trinajstić information content (AvgIpc) is 2.38. The molecule has 1 aliphatic rings. The highest BCUT2D eigenvalue weighted by Crippen LogP contribution is 2.32. The summed E-state index contributed by atoms with van der Waals surface area (Å²) in [6.45, 7) is 4.20. The molecule has 1 atom stereocenters. The van der Waals surface area contributed by atoms with Gasteiger partial charge in [-0.3, -0.25) is 0 Å². The Morgan fingerprint density at radius 1 is 1.50 bits per heavy atom. The van der Waals surface area contributed by atoms with Crippen molar-refractivity contribution in [1.82, 2.24) is 0 Å². The van der Waals surface area contributed by atoms with Crippen LogP contribution in [0.5, 0.6) is 0 Å². The van der Waals surface area contributed by atoms with E-state index in [0.717, 1.165) is 36.3 Å². The minimum Gasteiger partial charge on any atom is -0.377 e. The number of piperidine rings is 1. The highest BCUT2D eigenvalue weighted by atomic mass is 79.9. The summed E-state index contributed by atoms with van der Waals surface area (Å²) in [5.74, 6) is 0. The van der Waals surface area contributed by atoms with Crippen LogP contribution in [-0.4, -0.2) is 25.8 Å². The van der Waals surface area contributed by atoms with Crippen molar-refractivity contribution in [3.63, 3.8) is 0 Å². The van der Waals surface area contributed by atoms with E-state index < -0.39 is 0 Å². The second-order valence-electron chi connectivity index (χ2n) is 5.09. The summed E-state index contributed by atoms with van der Waals surface area (Å²) < 4.78 is 5.65. The molecule has 0 radical (unpaired) electrons. The normalized spacial score (nSPS) is 24.3. The third-order valence-electron chi connectivity index (χ3n) is 3.68. The van der Waals surface area contributed by atoms with Crippen molar-refractivity contribution in [3.05, 3.63) is 28.8 Å². The summed E-state index contributed by atoms with van der Waals surface area (Å²) in [7, 11) is 1.80. The molecule has 0 N–H and O–H groups in total. The highest BCUT2D eigenvalue weighted by Gasteiger charge is 2.31. The third-order valence-corrected chi connectivity index (χ3v) is 4.52. The Kier molecular flexibility index (Phi) is 4.57. The fraction of sp³-hybridized carbons (Fsp3) is 0.571. The van der Waals surface area contributed by atoms with Crippen molar-refractivity contribution in [2.45, 2.75) is 30.7 Å². The minimum atomic E-state index is -0.0402. The Morgan fingerprint density at radius 2 is 2.28 bits per heavy atom. The molecule has 1 unspecified atom stereocenters. The lowest BCUT2D eigenvalue weighted by atomic mass is 9.94. The van der Waals surface area contributed by atoms with E-state index in [0.29, 0.717) is 0 Å². The predicted octanol–water partition coefficient (Wildman–Crippen LogP) is 4.24. The maximum atomic E-state index is 6.05. The minimum absolute atomic E-state index is 0.0402. The van der Waals surface area contributed by atoms with Crippen molar-refractivity contribution in [3.8, 4) is 0 Å². The zero-order valence-corrected chi connectivity index (χ0v) is 13.2. The molecule has 1 aromatic carbocycles. The van der Waals surface area contributed by atoms with E-state index in [1.54, 1.807) is 7.11 Å². The molecular weight excluding hydrogens is 314 g/mol. The largest absolute Gasteiger partial charge is 0.377 e. The molecule has 2 rings (SSSR count). The van der Waals surface area contributed by atoms with Crippen LogP contribution in [0.1, 0.15) is 25.3 Å². The molecule has 1 fully saturated rings. The number of rotatable bonds is 3. The molecule has 0 amide bonds. The van der Waals surface area contributed by atoms with E-state index in [4.69, 9.17) is 16.3 Å². The lowest BCUT2D eigenvalue weighted by Gasteiger charge is -2.41. The monoisotopic (exact) mass is 331 g/mol. The van der Waals surface area contributed by atoms with E-state index in [9.17, 15) is 0 Å². The van der Waals surface area contributed by atoms with Crippen molar-refractivity contribution < 1.29 is 4.74 Å². The van der Waals surface area contributed by atoms with Crippen molar-refractivity contribution >= 4 is 33.2 Å². The van der Waals surface area contributed by atoms with Gasteiger partial charge in [0.15, 0.2) is 0 Å². The number of benzene rings is 1. The van der Waals surface area contributed by atoms with Gasteiger partial charge in [-0.1, -0.05) is 27.5 Å². The number of ether oxygens (including phenoxy) is 1. The maximum Gasteiger partial charge on any atom is 0.0825 e. The predicted molar refractivity (Wildman–Crippen MR) is 80.9 cm³/mol. The first-order valence-electron chi connectivity index (χ1n) is 6.22. The average molecular weight is 333 g/mol. The number of hydrogen-bond acceptors (Lipinski definition) is 2. The highest BCUT2D eigenvalue weighted by molar-refractivity contribution is 9.08. The molecule has 1 aromatic rings. The number of halogens is 2. The van der Waals surface area contributed by atoms with Crippen LogP contribution >= 0.6 is 27.5 Å². The van der Waals surface area contributed by atoms with Crippen LogP contribution in [0.15, 0.2) is 18.2 Å². The first-order chi connectivity index (χ1) is 8.58. The molecular formula is C14H19BrClNO. The van der Waals surface area contributed by atoms with Crippen molar-refractivity contribution in [1.29, 1.82) is 0 Å². The number of anilines is 1. The van der Waals surface area contributed by atoms with Crippen LogP contribution in [0.2, 0.25) is 5.02 Å². The Bertz CT molecular complexity index is 426. The molecule has 1 aliphatic heterocycles. The van der Waals surface area contributed by atoms with Crippen LogP contribution in [0.25, 0.3) is 0 Å². The van der Waals surface area contributed by atoms with Gasteiger partial charge in [0.2, 0.25) is 0 Å². The van der Waals surface area contributed by atoms with Crippen LogP contribution in [0, 0.1) is 0 Å². The Morgan fingerprint density at radius 3 is 2.94 bits per heavy atom. The summed E-state index contributed by atoms with van der Waals surface area (Å²) in [4.78, 5) is 2.40. The Labute approximate surface area is 122 Å². The fourth-order valence-electron chi connectivity index (χ4n) is 2.55. The van der Waals surface area contributed by atoms with Gasteiger partial charge in [-0.15, -0.1) is 0 Å². The molecule has 0 spiro atoms. The van der Waals surface area contributed by atoms with Crippen LogP contribution in [0.3, 0.4) is 0 Å². The van der Waals surface area contributed by atoms with Crippen LogP contribution in [0.4, 0.5) is 5.69 Å². The van der Waals surface area contributed by atoms with E-state index in [1.165, 1.54) is 11.3 Å². The van der Waals surface area contributed by atoms with Crippen LogP contribution < -0.4 is 4.90 Å². The maximum absolute atomic E-state index is 6.05. The van der Waals surface area contributed by atoms with Crippen molar-refractivity contribution in [2.24, 2.45) is 0 Å². The molecule has 1 heterocycles. The lowest BCUT2D eigenvalue weighted by Crippen LogP contribution is -2.47. The fourth-order valence-corrected chi connectivity index (χ4v) is 3.19. The second-order valence-corrected chi connectivity index (χ2v) is 6.08. The van der Waals surface area contributed by atoms with E-state index in [-0.39, 0.29) is 5.60 Å². The smallest absolute Gasteiger partial charge is 0.0825 e. The molecule has 100 valence electrons. The zero-order valence-electron chi connectivity index (χ0n) is 10.9. The molecule has 2 nitrogen and oxygen atoms in total. The van der Waals surface area contributed by atoms with Gasteiger partial charge >= 0.3 is 0 Å². The standard InChI is InChI=1S/C14H19BrClNO/c1-14(18-2)6-3-7-17(10-14)13-5-4-12(16)8-11(13)9-15/h4-5,8H,3,6-7,9-10H2,1-2H3. The Balaban J connectivity index is 2.25. The molecule has 18 heavy (non-hydrogen) atoms. The van der Waals surface area contributed by atoms with Gasteiger partial charge in [-0.25, -0.2) is 0 Å². The third kappa shape index (κ3) is 3.01. The molecule has 0 aliphatic carbocycles. The summed E-state index contributed by atoms with van der Waals surface area (Å²) >= 11 is 9.59. The zero-order chi connectivity index (χ0) is 13.2. The van der Waals surface area contributed by atoms with Gasteiger partial charge in [0.05, 0.1) is 5.60 Å². The number of hydrogen-bond donors (Lipinski definition) is 0. The van der Waals surface area contributed by atoms with Gasteiger partial charge in [0.1, 0.15) is 0 Å². The van der Waals surface area contributed by atoms with E-state index in [2.05, 4.69) is 33.8 Å². The van der Waals surface area contributed by atoms with Gasteiger partial charge in [-0.05, 0) is 43.5 Å². The molecule has 0 saturated carbocycles. The quantitative estimate of drug-likeness (QED) is 0.768. The van der Waals surface area contributed by atoms with Crippen LogP contribution in [-0.2, 0) is 10.1 Å². The van der Waals surface area contributed by atoms with Gasteiger partial charge in [-0.2, -0.15) is 0 Å². The summed E-state index contributed by atoms with van der Waals surface area (Å²) in [6.07, 6.45) is 2.28. The van der Waals surface area contributed by atoms with Gasteiger partial charge in [0, 0.05) is 36.2 Å². The number of methoxy groups -OCH3 is 1. The molecule has 4 heteroatoms. The second kappa shape index (κ2) is 5.81. The van der Waals surface area contributed by atoms with Crippen molar-refractivity contribution in [2.75, 3.05) is 25.1 Å². The first kappa shape index (κ1) is 14.2. The SMILES string of the molecule is COC1(C)CCCN(c2ccc(Cl)cc2CBr)C1. The van der Waals surface area contributed by atoms with Gasteiger partial charge in [0.25, 0.3) is 0 Å². The van der Waals surface area contributed by atoms with E-state index in [1.807, 2.05) is 12.1 Å².